The van der Waals surface area contributed by atoms with Gasteiger partial charge >= 0.3 is 6.18 Å². The number of anilines is 2. The molecule has 0 saturated carbocycles. The molecule has 4 rings (SSSR count). The third kappa shape index (κ3) is 6.64. The second kappa shape index (κ2) is 11.3. The van der Waals surface area contributed by atoms with E-state index in [4.69, 9.17) is 13.8 Å². The van der Waals surface area contributed by atoms with Crippen LogP contribution in [0.4, 0.5) is 34.8 Å². The number of amides is 1. The molecular formula is C24H25F4N5O3S. The second-order valence-corrected chi connectivity index (χ2v) is 10.2. The van der Waals surface area contributed by atoms with Gasteiger partial charge in [-0.05, 0) is 38.0 Å². The number of fused-ring (bicyclic) bond motifs is 1. The van der Waals surface area contributed by atoms with Crippen molar-refractivity contribution in [3.63, 3.8) is 0 Å². The maximum absolute atomic E-state index is 13.9. The molecule has 1 amide bonds. The molecule has 37 heavy (non-hydrogen) atoms. The third-order valence-corrected chi connectivity index (χ3v) is 7.56. The van der Waals surface area contributed by atoms with Gasteiger partial charge in [-0.3, -0.25) is 4.79 Å². The minimum atomic E-state index is -4.56. The topological polar surface area (TPSA) is 97.7 Å². The monoisotopic (exact) mass is 539 g/mol. The van der Waals surface area contributed by atoms with Crippen molar-refractivity contribution in [2.45, 2.75) is 25.9 Å². The van der Waals surface area contributed by atoms with Crippen molar-refractivity contribution in [1.82, 2.24) is 15.3 Å². The van der Waals surface area contributed by atoms with Gasteiger partial charge in [0.15, 0.2) is 6.61 Å². The van der Waals surface area contributed by atoms with E-state index in [1.807, 2.05) is 13.0 Å². The van der Waals surface area contributed by atoms with E-state index in [1.165, 1.54) is 18.5 Å². The molecule has 0 aliphatic carbocycles. The largest absolute Gasteiger partial charge is 0.494 e. The lowest BCUT2D eigenvalue weighted by atomic mass is 10.1. The molecule has 0 unspecified atom stereocenters. The fourth-order valence-corrected chi connectivity index (χ4v) is 5.78. The van der Waals surface area contributed by atoms with E-state index in [9.17, 15) is 22.4 Å². The van der Waals surface area contributed by atoms with E-state index in [2.05, 4.69) is 15.3 Å². The van der Waals surface area contributed by atoms with Crippen LogP contribution in [0.2, 0.25) is 0 Å². The quantitative estimate of drug-likeness (QED) is 0.386. The summed E-state index contributed by atoms with van der Waals surface area (Å²) in [6.45, 7) is -0.370. The number of nitrogens with one attached hydrogen (secondary N) is 2. The highest BCUT2D eigenvalue weighted by molar-refractivity contribution is 7.87. The van der Waals surface area contributed by atoms with E-state index in [-0.39, 0.29) is 22.1 Å². The number of halogens is 4. The number of methoxy groups -OCH3 is 1. The van der Waals surface area contributed by atoms with Crippen molar-refractivity contribution in [3.05, 3.63) is 42.0 Å². The molecule has 1 aliphatic rings. The Kier molecular flexibility index (Phi) is 8.10. The Labute approximate surface area is 212 Å². The molecule has 1 saturated heterocycles. The lowest BCUT2D eigenvalue weighted by Crippen LogP contribution is -2.36. The number of nitrogens with zero attached hydrogens (tertiary/aromatic N) is 3. The molecule has 2 heterocycles. The maximum Gasteiger partial charge on any atom is 0.405 e. The van der Waals surface area contributed by atoms with Crippen LogP contribution in [-0.2, 0) is 15.5 Å². The third-order valence-electron chi connectivity index (χ3n) is 5.58. The normalized spacial score (nSPS) is 14.0. The van der Waals surface area contributed by atoms with Gasteiger partial charge in [0.25, 0.3) is 5.91 Å². The van der Waals surface area contributed by atoms with E-state index < -0.39 is 31.1 Å². The molecule has 8 nitrogen and oxygen atoms in total. The van der Waals surface area contributed by atoms with Crippen molar-refractivity contribution in [3.8, 4) is 11.5 Å². The van der Waals surface area contributed by atoms with Crippen LogP contribution in [0.1, 0.15) is 18.4 Å². The minimum Gasteiger partial charge on any atom is -0.494 e. The van der Waals surface area contributed by atoms with E-state index in [1.54, 1.807) is 12.4 Å². The number of hydrogen-bond donors (Lipinski definition) is 2. The average Bonchev–Trinajstić information content (AvgIpc) is 3.35. The summed E-state index contributed by atoms with van der Waals surface area (Å²) in [7, 11) is 1.51. The molecule has 1 aromatic heterocycles. The average molecular weight is 540 g/mol. The van der Waals surface area contributed by atoms with E-state index >= 15 is 0 Å². The predicted octanol–water partition coefficient (Wildman–Crippen LogP) is 5.11. The van der Waals surface area contributed by atoms with Gasteiger partial charge in [0.1, 0.15) is 41.7 Å². The second-order valence-electron chi connectivity index (χ2n) is 8.29. The first-order valence-corrected chi connectivity index (χ1v) is 12.9. The summed E-state index contributed by atoms with van der Waals surface area (Å²) in [5, 5.41) is 5.42. The van der Waals surface area contributed by atoms with Gasteiger partial charge in [-0.25, -0.2) is 18.7 Å². The highest BCUT2D eigenvalue weighted by Gasteiger charge is 2.27. The molecule has 198 valence electrons. The van der Waals surface area contributed by atoms with Crippen molar-refractivity contribution >= 4 is 44.7 Å². The molecule has 0 bridgehead atoms. The number of ether oxygens (including phenoxy) is 2. The molecule has 0 radical (unpaired) electrons. The van der Waals surface area contributed by atoms with Gasteiger partial charge in [0.2, 0.25) is 0 Å². The molecule has 13 heteroatoms. The number of carbonyl (C=O) groups excluding carboxylic acids is 1. The first kappa shape index (κ1) is 26.6. The fraction of sp³-hybridized carbons (Fsp3) is 0.375. The first-order valence-electron chi connectivity index (χ1n) is 11.4. The molecule has 3 aromatic rings. The number of aryl methyl sites for hydroxylation is 1. The first-order chi connectivity index (χ1) is 17.6. The minimum absolute atomic E-state index is 0.0577. The van der Waals surface area contributed by atoms with Gasteiger partial charge in [-0.1, -0.05) is 10.7 Å². The molecule has 2 aromatic carbocycles. The van der Waals surface area contributed by atoms with Gasteiger partial charge in [-0.2, -0.15) is 13.2 Å². The zero-order chi connectivity index (χ0) is 26.6. The summed E-state index contributed by atoms with van der Waals surface area (Å²) < 4.78 is 66.9. The molecular weight excluding hydrogens is 514 g/mol. The number of rotatable bonds is 8. The predicted molar refractivity (Wildman–Crippen MR) is 133 cm³/mol. The summed E-state index contributed by atoms with van der Waals surface area (Å²) in [5.74, 6) is 1.35. The Bertz CT molecular complexity index is 1340. The molecule has 1 fully saturated rings. The van der Waals surface area contributed by atoms with Gasteiger partial charge in [-0.15, -0.1) is 0 Å². The van der Waals surface area contributed by atoms with Crippen LogP contribution in [-0.4, -0.2) is 53.8 Å². The lowest BCUT2D eigenvalue weighted by molar-refractivity contribution is -0.139. The summed E-state index contributed by atoms with van der Waals surface area (Å²) in [4.78, 5) is 20.5. The van der Waals surface area contributed by atoms with Crippen LogP contribution in [0.15, 0.2) is 35.0 Å². The zero-order valence-corrected chi connectivity index (χ0v) is 20.9. The SMILES string of the molecule is COc1c(N=S2CCCC2)cc2ncnc(Nc3ccc(F)cc3OCC(=O)NCC(F)(F)F)c2c1C. The lowest BCUT2D eigenvalue weighted by Gasteiger charge is -2.17. The summed E-state index contributed by atoms with van der Waals surface area (Å²) in [5.41, 5.74) is 2.34. The van der Waals surface area contributed by atoms with Crippen molar-refractivity contribution in [2.75, 3.05) is 37.1 Å². The summed E-state index contributed by atoms with van der Waals surface area (Å²) >= 11 is 0. The van der Waals surface area contributed by atoms with Gasteiger partial charge < -0.3 is 20.1 Å². The van der Waals surface area contributed by atoms with Gasteiger partial charge in [0, 0.05) is 28.5 Å². The van der Waals surface area contributed by atoms with Crippen LogP contribution in [0.5, 0.6) is 11.5 Å². The van der Waals surface area contributed by atoms with Crippen molar-refractivity contribution in [1.29, 1.82) is 0 Å². The number of alkyl halides is 3. The highest BCUT2D eigenvalue weighted by atomic mass is 32.2. The summed E-state index contributed by atoms with van der Waals surface area (Å²) in [6, 6.07) is 5.42. The van der Waals surface area contributed by atoms with Crippen LogP contribution in [0.3, 0.4) is 0 Å². The highest BCUT2D eigenvalue weighted by Crippen LogP contribution is 2.40. The zero-order valence-electron chi connectivity index (χ0n) is 20.1. The number of carbonyl (C=O) groups is 1. The number of benzene rings is 2. The van der Waals surface area contributed by atoms with Gasteiger partial charge in [0.05, 0.1) is 18.3 Å². The van der Waals surface area contributed by atoms with E-state index in [0.717, 1.165) is 41.7 Å². The van der Waals surface area contributed by atoms with Crippen LogP contribution >= 0.6 is 0 Å². The van der Waals surface area contributed by atoms with Crippen LogP contribution in [0.25, 0.3) is 10.9 Å². The molecule has 1 aliphatic heterocycles. The van der Waals surface area contributed by atoms with Crippen molar-refractivity contribution in [2.24, 2.45) is 4.36 Å². The van der Waals surface area contributed by atoms with Crippen LogP contribution < -0.4 is 20.1 Å². The Hall–Kier alpha value is -3.48. The number of hydrogen-bond acceptors (Lipinski definition) is 7. The standard InChI is InChI=1S/C24H25F4N5O3S/c1-14-21-17(10-18(22(14)35-2)33-37-7-3-4-8-37)30-13-31-23(21)32-16-6-5-15(25)9-19(16)36-11-20(34)29-12-24(26,27)28/h5-6,9-10,13H,3-4,7-8,11-12H2,1-2H3,(H,29,34)(H,30,31,32). The molecule has 0 spiro atoms. The smallest absolute Gasteiger partial charge is 0.405 e. The Morgan fingerprint density at radius 2 is 1.95 bits per heavy atom. The Balaban J connectivity index is 1.64. The molecule has 0 atom stereocenters. The number of aromatic nitrogens is 2. The Morgan fingerprint density at radius 1 is 1.19 bits per heavy atom. The maximum atomic E-state index is 13.9. The van der Waals surface area contributed by atoms with Crippen molar-refractivity contribution < 1.29 is 31.8 Å². The summed E-state index contributed by atoms with van der Waals surface area (Å²) in [6.07, 6.45) is -0.876. The molecule has 2 N–H and O–H groups in total. The fourth-order valence-electron chi connectivity index (χ4n) is 3.91. The van der Waals surface area contributed by atoms with E-state index in [0.29, 0.717) is 22.5 Å². The van der Waals surface area contributed by atoms with Crippen LogP contribution in [0, 0.1) is 12.7 Å². The Morgan fingerprint density at radius 3 is 2.65 bits per heavy atom.